The molecule has 3 aliphatic rings. The second kappa shape index (κ2) is 18.0. The molecule has 0 amide bonds. The molecule has 2 aliphatic heterocycles. The van der Waals surface area contributed by atoms with Crippen molar-refractivity contribution in [3.05, 3.63) is 137 Å². The lowest BCUT2D eigenvalue weighted by molar-refractivity contribution is 0.287. The van der Waals surface area contributed by atoms with E-state index in [1.807, 2.05) is 47.0 Å². The van der Waals surface area contributed by atoms with Gasteiger partial charge in [0.05, 0.1) is 89.1 Å². The zero-order valence-electron chi connectivity index (χ0n) is 36.2. The number of para-hydroxylation sites is 1. The Labute approximate surface area is 403 Å². The Morgan fingerprint density at radius 2 is 1.24 bits per heavy atom. The van der Waals surface area contributed by atoms with Gasteiger partial charge in [-0.05, 0) is 111 Å². The van der Waals surface area contributed by atoms with Gasteiger partial charge in [-0.2, -0.15) is 10.2 Å². The molecule has 1 saturated carbocycles. The van der Waals surface area contributed by atoms with E-state index in [0.717, 1.165) is 74.1 Å². The van der Waals surface area contributed by atoms with Crippen molar-refractivity contribution in [3.63, 3.8) is 0 Å². The first kappa shape index (κ1) is 43.7. The highest BCUT2D eigenvalue weighted by Gasteiger charge is 2.31. The normalized spacial score (nSPS) is 17.9. The van der Waals surface area contributed by atoms with Crippen molar-refractivity contribution in [2.75, 3.05) is 30.3 Å². The van der Waals surface area contributed by atoms with Gasteiger partial charge in [-0.3, -0.25) is 28.1 Å². The summed E-state index contributed by atoms with van der Waals surface area (Å²) >= 11 is 27.1. The second-order valence-electron chi connectivity index (χ2n) is 17.4. The Morgan fingerprint density at radius 3 is 1.87 bits per heavy atom. The molecule has 8 aromatic rings. The maximum absolute atomic E-state index is 14.2. The molecular weight excluding hydrogens is 934 g/mol. The first-order valence-electron chi connectivity index (χ1n) is 22.4. The zero-order chi connectivity index (χ0) is 45.9. The van der Waals surface area contributed by atoms with Crippen LogP contribution in [0.4, 0.5) is 23.3 Å². The highest BCUT2D eigenvalue weighted by molar-refractivity contribution is 6.38. The molecule has 8 heterocycles. The van der Waals surface area contributed by atoms with Gasteiger partial charge in [0.2, 0.25) is 11.9 Å². The Morgan fingerprint density at radius 1 is 0.672 bits per heavy atom. The molecular formula is C47H44Cl4N14O2. The standard InChI is InChI=1S/C47H44Cl4N14O2/c1-2-25-21-62(42-35(48)4-3-5-36(42)49)44(66)32-19-54-46(60-40(25)32)58-29-18-57-65(23-29)31-10-13-53-39(16-31)27-14-37(50)43(38(51)15-27)63-24-34(26-6-7-26)41-33(45(63)67)20-55-47(61-41)59-28-17-56-64(22-28)30-8-11-52-12-9-30/h3-5,14-15,17-24,26,30-31,39,52-53H,2,6-13,16H2,1H3,(H,54,58,60)(H,55,59,61). The third-order valence-electron chi connectivity index (χ3n) is 13.0. The molecule has 2 aromatic carbocycles. The van der Waals surface area contributed by atoms with Crippen molar-refractivity contribution < 1.29 is 0 Å². The maximum atomic E-state index is 14.2. The van der Waals surface area contributed by atoms with Crippen LogP contribution in [0.15, 0.2) is 89.5 Å². The number of piperidine rings is 2. The Kier molecular flexibility index (Phi) is 11.7. The summed E-state index contributed by atoms with van der Waals surface area (Å²) in [6, 6.07) is 9.21. The van der Waals surface area contributed by atoms with Crippen LogP contribution in [0.1, 0.15) is 86.2 Å². The van der Waals surface area contributed by atoms with Crippen LogP contribution in [-0.4, -0.2) is 68.3 Å². The molecule has 0 radical (unpaired) electrons. The SMILES string of the molecule is CCc1cn(-c2c(Cl)cccc2Cl)c(=O)c2cnc(Nc3cnn(C4CCNC(c5cc(Cl)c(-n6cc(C7CC7)c7nc(Nc8cnn(C9CCNCC9)c8)ncc7c6=O)c(Cl)c5)C4)c3)nc12. The number of nitrogens with zero attached hydrogens (tertiary/aromatic N) is 10. The van der Waals surface area contributed by atoms with Crippen molar-refractivity contribution in [1.82, 2.24) is 59.3 Å². The number of rotatable bonds is 11. The van der Waals surface area contributed by atoms with E-state index in [9.17, 15) is 9.59 Å². The topological polar surface area (TPSA) is 179 Å². The van der Waals surface area contributed by atoms with E-state index in [-0.39, 0.29) is 29.1 Å². The first-order valence-corrected chi connectivity index (χ1v) is 23.9. The lowest BCUT2D eigenvalue weighted by Gasteiger charge is -2.31. The number of pyridine rings is 2. The number of nitrogens with one attached hydrogen (secondary N) is 4. The molecule has 3 fully saturated rings. The van der Waals surface area contributed by atoms with Gasteiger partial charge in [-0.25, -0.2) is 19.9 Å². The van der Waals surface area contributed by atoms with E-state index in [2.05, 4.69) is 36.3 Å². The van der Waals surface area contributed by atoms with Gasteiger partial charge in [0.1, 0.15) is 0 Å². The second-order valence-corrected chi connectivity index (χ2v) is 19.0. The molecule has 342 valence electrons. The number of aromatic nitrogens is 10. The van der Waals surface area contributed by atoms with Gasteiger partial charge in [-0.15, -0.1) is 0 Å². The van der Waals surface area contributed by atoms with Crippen molar-refractivity contribution in [2.45, 2.75) is 75.9 Å². The van der Waals surface area contributed by atoms with Gasteiger partial charge in [0.25, 0.3) is 11.1 Å². The molecule has 0 spiro atoms. The largest absolute Gasteiger partial charge is 0.321 e. The van der Waals surface area contributed by atoms with Crippen molar-refractivity contribution in [2.24, 2.45) is 0 Å². The maximum Gasteiger partial charge on any atom is 0.266 e. The van der Waals surface area contributed by atoms with E-state index in [0.29, 0.717) is 89.7 Å². The monoisotopic (exact) mass is 976 g/mol. The minimum atomic E-state index is -0.324. The van der Waals surface area contributed by atoms with Crippen LogP contribution in [0.3, 0.4) is 0 Å². The zero-order valence-corrected chi connectivity index (χ0v) is 39.2. The number of benzene rings is 2. The molecule has 0 bridgehead atoms. The van der Waals surface area contributed by atoms with E-state index in [4.69, 9.17) is 61.5 Å². The van der Waals surface area contributed by atoms with Crippen LogP contribution in [0, 0.1) is 0 Å². The summed E-state index contributed by atoms with van der Waals surface area (Å²) in [6.07, 6.45) is 20.3. The fraction of sp³-hybridized carbons (Fsp3) is 0.319. The quantitative estimate of drug-likeness (QED) is 0.0967. The summed E-state index contributed by atoms with van der Waals surface area (Å²) < 4.78 is 6.96. The first-order chi connectivity index (χ1) is 32.6. The van der Waals surface area contributed by atoms with Gasteiger partial charge >= 0.3 is 0 Å². The number of halogens is 4. The van der Waals surface area contributed by atoms with Crippen LogP contribution < -0.4 is 32.4 Å². The van der Waals surface area contributed by atoms with Crippen LogP contribution in [0.2, 0.25) is 20.1 Å². The molecule has 11 rings (SSSR count). The van der Waals surface area contributed by atoms with Gasteiger partial charge < -0.3 is 21.3 Å². The van der Waals surface area contributed by atoms with Crippen molar-refractivity contribution >= 4 is 91.5 Å². The Bertz CT molecular complexity index is 3300. The lowest BCUT2D eigenvalue weighted by atomic mass is 9.93. The number of hydrogen-bond acceptors (Lipinski definition) is 12. The third-order valence-corrected chi connectivity index (χ3v) is 14.2. The summed E-state index contributed by atoms with van der Waals surface area (Å²) in [6.45, 7) is 4.67. The van der Waals surface area contributed by atoms with Crippen LogP contribution in [0.25, 0.3) is 33.2 Å². The smallest absolute Gasteiger partial charge is 0.266 e. The summed E-state index contributed by atoms with van der Waals surface area (Å²) in [5.74, 6) is 0.990. The van der Waals surface area contributed by atoms with Crippen LogP contribution in [0.5, 0.6) is 0 Å². The van der Waals surface area contributed by atoms with Gasteiger partial charge in [-0.1, -0.05) is 59.4 Å². The van der Waals surface area contributed by atoms with Crippen LogP contribution >= 0.6 is 46.4 Å². The predicted molar refractivity (Wildman–Crippen MR) is 263 cm³/mol. The molecule has 2 saturated heterocycles. The molecule has 1 aliphatic carbocycles. The number of anilines is 4. The molecule has 67 heavy (non-hydrogen) atoms. The van der Waals surface area contributed by atoms with E-state index in [1.165, 1.54) is 10.8 Å². The van der Waals surface area contributed by atoms with Gasteiger partial charge in [0.15, 0.2) is 0 Å². The molecule has 20 heteroatoms. The van der Waals surface area contributed by atoms with Gasteiger partial charge in [0, 0.05) is 43.2 Å². The molecule has 6 aromatic heterocycles. The predicted octanol–water partition coefficient (Wildman–Crippen LogP) is 9.40. The van der Waals surface area contributed by atoms with Crippen molar-refractivity contribution in [3.8, 4) is 11.4 Å². The van der Waals surface area contributed by atoms with E-state index >= 15 is 0 Å². The average molecular weight is 979 g/mol. The van der Waals surface area contributed by atoms with Crippen molar-refractivity contribution in [1.29, 1.82) is 0 Å². The fourth-order valence-electron chi connectivity index (χ4n) is 9.40. The molecule has 2 atom stereocenters. The lowest BCUT2D eigenvalue weighted by Crippen LogP contribution is -2.33. The number of aryl methyl sites for hydroxylation is 1. The number of fused-ring (bicyclic) bond motifs is 2. The number of hydrogen-bond donors (Lipinski definition) is 4. The molecule has 4 N–H and O–H groups in total. The average Bonchev–Trinajstić information content (AvgIpc) is 3.89. The van der Waals surface area contributed by atoms with E-state index < -0.39 is 0 Å². The van der Waals surface area contributed by atoms with E-state index in [1.54, 1.807) is 47.6 Å². The third kappa shape index (κ3) is 8.44. The summed E-state index contributed by atoms with van der Waals surface area (Å²) in [5.41, 5.74) is 5.54. The summed E-state index contributed by atoms with van der Waals surface area (Å²) in [4.78, 5) is 46.6. The summed E-state index contributed by atoms with van der Waals surface area (Å²) in [7, 11) is 0. The minimum Gasteiger partial charge on any atom is -0.321 e. The highest BCUT2D eigenvalue weighted by atomic mass is 35.5. The highest BCUT2D eigenvalue weighted by Crippen LogP contribution is 2.44. The molecule has 2 unspecified atom stereocenters. The fourth-order valence-corrected chi connectivity index (χ4v) is 10.7. The Balaban J connectivity index is 0.812. The summed E-state index contributed by atoms with van der Waals surface area (Å²) in [5, 5.41) is 25.1. The Hall–Kier alpha value is -5.88. The van der Waals surface area contributed by atoms with Crippen LogP contribution in [-0.2, 0) is 6.42 Å². The molecule has 16 nitrogen and oxygen atoms in total. The minimum absolute atomic E-state index is 0.0487.